The lowest BCUT2D eigenvalue weighted by Gasteiger charge is -2.16. The third-order valence-electron chi connectivity index (χ3n) is 4.97. The number of sulfonamides is 1. The number of carbonyl (C=O) groups excluding carboxylic acids is 1. The van der Waals surface area contributed by atoms with Crippen molar-refractivity contribution in [3.8, 4) is 0 Å². The zero-order valence-corrected chi connectivity index (χ0v) is 17.1. The van der Waals surface area contributed by atoms with E-state index < -0.39 is 10.0 Å². The molecule has 2 aromatic carbocycles. The van der Waals surface area contributed by atoms with Gasteiger partial charge in [-0.15, -0.1) is 0 Å². The van der Waals surface area contributed by atoms with E-state index >= 15 is 0 Å². The Labute approximate surface area is 170 Å². The summed E-state index contributed by atoms with van der Waals surface area (Å²) in [5, 5.41) is 7.22. The maximum absolute atomic E-state index is 12.8. The molecule has 0 saturated carbocycles. The summed E-state index contributed by atoms with van der Waals surface area (Å²) in [5.74, 6) is 0.353. The normalized spacial score (nSPS) is 13.4. The number of benzene rings is 2. The highest BCUT2D eigenvalue weighted by Gasteiger charge is 2.26. The first-order valence-electron chi connectivity index (χ1n) is 9.30. The van der Waals surface area contributed by atoms with Gasteiger partial charge in [0.15, 0.2) is 0 Å². The van der Waals surface area contributed by atoms with Gasteiger partial charge in [0, 0.05) is 18.2 Å². The minimum atomic E-state index is -3.31. The van der Waals surface area contributed by atoms with Gasteiger partial charge in [0.1, 0.15) is 5.82 Å². The third kappa shape index (κ3) is 4.02. The summed E-state index contributed by atoms with van der Waals surface area (Å²) in [7, 11) is -3.31. The molecule has 0 saturated heterocycles. The fourth-order valence-electron chi connectivity index (χ4n) is 3.59. The highest BCUT2D eigenvalue weighted by Crippen LogP contribution is 2.30. The van der Waals surface area contributed by atoms with Crippen LogP contribution in [0.1, 0.15) is 27.0 Å². The van der Waals surface area contributed by atoms with Gasteiger partial charge < -0.3 is 5.32 Å². The van der Waals surface area contributed by atoms with Crippen molar-refractivity contribution in [3.05, 3.63) is 77.0 Å². The maximum Gasteiger partial charge on any atom is 0.256 e. The largest absolute Gasteiger partial charge is 0.307 e. The summed E-state index contributed by atoms with van der Waals surface area (Å²) in [6, 6.07) is 15.0. The molecule has 2 heterocycles. The molecule has 7 nitrogen and oxygen atoms in total. The first-order chi connectivity index (χ1) is 13.8. The van der Waals surface area contributed by atoms with Gasteiger partial charge in [-0.3, -0.25) is 9.10 Å². The van der Waals surface area contributed by atoms with Gasteiger partial charge in [0.2, 0.25) is 10.0 Å². The van der Waals surface area contributed by atoms with Crippen LogP contribution in [0.15, 0.2) is 54.7 Å². The molecule has 150 valence electrons. The van der Waals surface area contributed by atoms with E-state index in [1.54, 1.807) is 35.1 Å². The predicted octanol–water partition coefficient (Wildman–Crippen LogP) is 2.81. The molecule has 8 heteroatoms. The Bertz CT molecular complexity index is 1180. The number of hydrogen-bond acceptors (Lipinski definition) is 4. The average Bonchev–Trinajstić information content (AvgIpc) is 3.27. The van der Waals surface area contributed by atoms with Crippen LogP contribution < -0.4 is 9.62 Å². The summed E-state index contributed by atoms with van der Waals surface area (Å²) >= 11 is 0. The quantitative estimate of drug-likeness (QED) is 0.701. The van der Waals surface area contributed by atoms with Crippen LogP contribution in [0.25, 0.3) is 0 Å². The number of carbonyl (C=O) groups is 1. The van der Waals surface area contributed by atoms with E-state index in [1.807, 2.05) is 25.1 Å². The fraction of sp³-hybridized carbons (Fsp3) is 0.238. The van der Waals surface area contributed by atoms with Crippen molar-refractivity contribution < 1.29 is 13.2 Å². The monoisotopic (exact) mass is 410 g/mol. The van der Waals surface area contributed by atoms with Crippen molar-refractivity contribution in [2.45, 2.75) is 19.9 Å². The van der Waals surface area contributed by atoms with Crippen LogP contribution in [-0.4, -0.2) is 36.9 Å². The van der Waals surface area contributed by atoms with E-state index in [9.17, 15) is 13.2 Å². The molecule has 4 rings (SSSR count). The van der Waals surface area contributed by atoms with E-state index in [1.165, 1.54) is 16.1 Å². The number of rotatable bonds is 5. The van der Waals surface area contributed by atoms with Crippen molar-refractivity contribution in [3.63, 3.8) is 0 Å². The van der Waals surface area contributed by atoms with Gasteiger partial charge >= 0.3 is 0 Å². The van der Waals surface area contributed by atoms with E-state index in [-0.39, 0.29) is 5.91 Å². The number of amides is 1. The first kappa shape index (κ1) is 19.2. The summed E-state index contributed by atoms with van der Waals surface area (Å²) in [6.07, 6.45) is 3.44. The molecule has 1 amide bonds. The van der Waals surface area contributed by atoms with Crippen LogP contribution in [0.5, 0.6) is 0 Å². The van der Waals surface area contributed by atoms with E-state index in [2.05, 4.69) is 16.5 Å². The van der Waals surface area contributed by atoms with Crippen molar-refractivity contribution in [1.29, 1.82) is 0 Å². The minimum absolute atomic E-state index is 0.253. The maximum atomic E-state index is 12.8. The van der Waals surface area contributed by atoms with Crippen molar-refractivity contribution in [1.82, 2.24) is 9.78 Å². The molecule has 29 heavy (non-hydrogen) atoms. The summed E-state index contributed by atoms with van der Waals surface area (Å²) in [6.45, 7) is 2.99. The van der Waals surface area contributed by atoms with Gasteiger partial charge in [-0.2, -0.15) is 5.10 Å². The molecule has 0 bridgehead atoms. The molecule has 0 aliphatic carbocycles. The van der Waals surface area contributed by atoms with Crippen LogP contribution in [0.4, 0.5) is 11.5 Å². The molecule has 1 N–H and O–H groups in total. The Morgan fingerprint density at radius 2 is 2.00 bits per heavy atom. The molecule has 0 radical (unpaired) electrons. The summed E-state index contributed by atoms with van der Waals surface area (Å²) < 4.78 is 26.9. The van der Waals surface area contributed by atoms with Crippen LogP contribution in [0.2, 0.25) is 0 Å². The molecular weight excluding hydrogens is 388 g/mol. The molecule has 1 aliphatic heterocycles. The lowest BCUT2D eigenvalue weighted by atomic mass is 10.1. The van der Waals surface area contributed by atoms with Crippen LogP contribution >= 0.6 is 0 Å². The molecule has 3 aromatic rings. The molecule has 0 atom stereocenters. The SMILES string of the molecule is Cc1cccc(Cn2nccc2NC(=O)c2ccc3c(c2)CCN3S(C)(=O)=O)c1. The van der Waals surface area contributed by atoms with Gasteiger partial charge in [0.25, 0.3) is 5.91 Å². The lowest BCUT2D eigenvalue weighted by Crippen LogP contribution is -2.27. The van der Waals surface area contributed by atoms with Crippen LogP contribution in [0.3, 0.4) is 0 Å². The third-order valence-corrected chi connectivity index (χ3v) is 6.15. The first-order valence-corrected chi connectivity index (χ1v) is 11.2. The molecule has 0 unspecified atom stereocenters. The fourth-order valence-corrected chi connectivity index (χ4v) is 4.55. The number of hydrogen-bond donors (Lipinski definition) is 1. The van der Waals surface area contributed by atoms with Crippen molar-refractivity contribution in [2.75, 3.05) is 22.4 Å². The van der Waals surface area contributed by atoms with E-state index in [4.69, 9.17) is 0 Å². The van der Waals surface area contributed by atoms with Crippen LogP contribution in [0, 0.1) is 6.92 Å². The highest BCUT2D eigenvalue weighted by molar-refractivity contribution is 7.92. The van der Waals surface area contributed by atoms with Gasteiger partial charge in [-0.1, -0.05) is 29.8 Å². The molecule has 0 spiro atoms. The highest BCUT2D eigenvalue weighted by atomic mass is 32.2. The Morgan fingerprint density at radius 1 is 1.17 bits per heavy atom. The molecule has 1 aromatic heterocycles. The number of nitrogens with zero attached hydrogens (tertiary/aromatic N) is 3. The van der Waals surface area contributed by atoms with Crippen molar-refractivity contribution in [2.24, 2.45) is 0 Å². The van der Waals surface area contributed by atoms with Crippen molar-refractivity contribution >= 4 is 27.4 Å². The zero-order valence-electron chi connectivity index (χ0n) is 16.3. The predicted molar refractivity (Wildman–Crippen MR) is 113 cm³/mol. The molecular formula is C21H22N4O3S. The zero-order chi connectivity index (χ0) is 20.6. The molecule has 0 fully saturated rings. The summed E-state index contributed by atoms with van der Waals surface area (Å²) in [4.78, 5) is 12.8. The second-order valence-electron chi connectivity index (χ2n) is 7.25. The topological polar surface area (TPSA) is 84.3 Å². The number of aromatic nitrogens is 2. The minimum Gasteiger partial charge on any atom is -0.307 e. The van der Waals surface area contributed by atoms with E-state index in [0.29, 0.717) is 36.6 Å². The Morgan fingerprint density at radius 3 is 2.76 bits per heavy atom. The Hall–Kier alpha value is -3.13. The smallest absolute Gasteiger partial charge is 0.256 e. The second kappa shape index (κ2) is 7.36. The lowest BCUT2D eigenvalue weighted by molar-refractivity contribution is 0.102. The van der Waals surface area contributed by atoms with Crippen LogP contribution in [-0.2, 0) is 23.0 Å². The Kier molecular flexibility index (Phi) is 4.87. The molecule has 1 aliphatic rings. The second-order valence-corrected chi connectivity index (χ2v) is 9.15. The standard InChI is InChI=1S/C21H22N4O3S/c1-15-4-3-5-16(12-15)14-24-20(8-10-22-24)23-21(26)18-6-7-19-17(13-18)9-11-25(19)29(2,27)28/h3-8,10,12-13H,9,11,14H2,1-2H3,(H,23,26). The number of anilines is 2. The van der Waals surface area contributed by atoms with E-state index in [0.717, 1.165) is 11.1 Å². The number of nitrogens with one attached hydrogen (secondary N) is 1. The van der Waals surface area contributed by atoms with Gasteiger partial charge in [0.05, 0.1) is 24.7 Å². The van der Waals surface area contributed by atoms with Gasteiger partial charge in [-0.25, -0.2) is 13.1 Å². The average molecular weight is 410 g/mol. The number of fused-ring (bicyclic) bond motifs is 1. The Balaban J connectivity index is 1.52. The number of aryl methyl sites for hydroxylation is 1. The van der Waals surface area contributed by atoms with Gasteiger partial charge in [-0.05, 0) is 42.7 Å². The summed E-state index contributed by atoms with van der Waals surface area (Å²) in [5.41, 5.74) is 4.26.